The molecule has 11 aromatic rings. The van der Waals surface area contributed by atoms with E-state index in [1.807, 2.05) is 231 Å². The van der Waals surface area contributed by atoms with Crippen molar-refractivity contribution in [3.05, 3.63) is 316 Å². The van der Waals surface area contributed by atoms with Gasteiger partial charge in [0, 0.05) is 35.9 Å². The quantitative estimate of drug-likeness (QED) is 0.00783. The second-order valence-electron chi connectivity index (χ2n) is 28.3. The summed E-state index contributed by atoms with van der Waals surface area (Å²) in [7, 11) is 1.63. The Bertz CT molecular complexity index is 5270. The van der Waals surface area contributed by atoms with Crippen LogP contribution in [0.15, 0.2) is 255 Å². The van der Waals surface area contributed by atoms with Gasteiger partial charge in [-0.1, -0.05) is 194 Å². The van der Waals surface area contributed by atoms with E-state index in [0.29, 0.717) is 59.5 Å². The summed E-state index contributed by atoms with van der Waals surface area (Å²) >= 11 is 0. The number of nitrogens with two attached hydrogens (primary N) is 1. The molecule has 3 atom stereocenters. The van der Waals surface area contributed by atoms with E-state index in [9.17, 15) is 28.5 Å². The van der Waals surface area contributed by atoms with Crippen molar-refractivity contribution >= 4 is 41.2 Å². The van der Waals surface area contributed by atoms with Crippen LogP contribution < -0.4 is 58.9 Å². The number of quaternary nitrogens is 1. The number of aliphatic hydroxyl groups is 1. The number of nitrogens with one attached hydrogen (secondary N) is 2. The van der Waals surface area contributed by atoms with E-state index < -0.39 is 46.8 Å². The van der Waals surface area contributed by atoms with Crippen LogP contribution >= 0.6 is 23.2 Å². The molecule has 0 aliphatic heterocycles. The van der Waals surface area contributed by atoms with Crippen molar-refractivity contribution in [2.45, 2.75) is 83.8 Å². The van der Waals surface area contributed by atoms with Gasteiger partial charge in [0.05, 0.1) is 122 Å². The number of aryl methyl sites for hydroxylation is 2. The van der Waals surface area contributed by atoms with Gasteiger partial charge in [-0.3, -0.25) is 31.7 Å². The number of alkyl carbamates (subject to hydrolysis) is 1. The molecule has 0 bridgehead atoms. The lowest BCUT2D eigenvalue weighted by atomic mass is 9.93. The third-order valence-corrected chi connectivity index (χ3v) is 24.5. The minimum atomic E-state index is -4.02. The molecular formula is C95H108N3O27P3. The molecule has 1 amide bonds. The van der Waals surface area contributed by atoms with Crippen molar-refractivity contribution in [1.29, 1.82) is 0 Å². The van der Waals surface area contributed by atoms with E-state index in [1.54, 1.807) is 56.9 Å². The fraction of sp³-hybridized carbons (Fsp3) is 0.284. The summed E-state index contributed by atoms with van der Waals surface area (Å²) in [6.45, 7) is -0.486. The van der Waals surface area contributed by atoms with Gasteiger partial charge < -0.3 is 82.5 Å². The van der Waals surface area contributed by atoms with Crippen LogP contribution in [0.1, 0.15) is 87.0 Å². The van der Waals surface area contributed by atoms with E-state index in [1.165, 1.54) is 24.3 Å². The number of phosphoric acid groups is 2. The van der Waals surface area contributed by atoms with Crippen LogP contribution in [0.4, 0.5) is 15.3 Å². The number of carbonyl (C=O) groups is 2. The van der Waals surface area contributed by atoms with Crippen LogP contribution in [0.2, 0.25) is 0 Å². The van der Waals surface area contributed by atoms with Gasteiger partial charge in [0.1, 0.15) is 30.5 Å². The molecule has 0 radical (unpaired) electrons. The van der Waals surface area contributed by atoms with E-state index in [-0.39, 0.29) is 96.3 Å². The van der Waals surface area contributed by atoms with Crippen LogP contribution in [-0.2, 0) is 112 Å². The zero-order valence-corrected chi connectivity index (χ0v) is 75.1. The maximum Gasteiger partial charge on any atom is 0.513 e. The Morgan fingerprint density at radius 2 is 0.773 bits per heavy atom. The van der Waals surface area contributed by atoms with Crippen LogP contribution in [0, 0.1) is 5.21 Å². The number of rotatable bonds is 40. The lowest BCUT2D eigenvalue weighted by Crippen LogP contribution is -2.99. The predicted octanol–water partition coefficient (Wildman–Crippen LogP) is 19.2. The maximum atomic E-state index is 13.5. The van der Waals surface area contributed by atoms with E-state index in [4.69, 9.17) is 104 Å². The molecule has 0 heterocycles. The normalized spacial score (nSPS) is 13.3. The number of phosphoric ester groups is 2. The van der Waals surface area contributed by atoms with Crippen molar-refractivity contribution in [3.8, 4) is 74.0 Å². The van der Waals surface area contributed by atoms with Crippen molar-refractivity contribution in [2.24, 2.45) is 5.73 Å². The second-order valence-corrected chi connectivity index (χ2v) is 33.9. The molecule has 13 rings (SSSR count). The lowest BCUT2D eigenvalue weighted by molar-refractivity contribution is -0.991. The highest BCUT2D eigenvalue weighted by molar-refractivity contribution is 7.53. The van der Waals surface area contributed by atoms with Crippen molar-refractivity contribution in [2.75, 3.05) is 96.1 Å². The topological polar surface area (TPSA) is 367 Å². The Labute approximate surface area is 745 Å². The number of benzene rings is 11. The molecule has 6 N–H and O–H groups in total. The Kier molecular flexibility index (Phi) is 39.3. The third-order valence-electron chi connectivity index (χ3n) is 19.9. The molecule has 1 unspecified atom stereocenters. The maximum absolute atomic E-state index is 13.5. The molecule has 0 saturated heterocycles. The Hall–Kier alpha value is -11.5. The highest BCUT2D eigenvalue weighted by atomic mass is 31.2. The number of fused-ring (bicyclic) bond motifs is 6. The van der Waals surface area contributed by atoms with Crippen LogP contribution in [0.25, 0.3) is 22.3 Å². The first kappa shape index (κ1) is 98.7. The molecule has 33 heteroatoms. The summed E-state index contributed by atoms with van der Waals surface area (Å²) in [5, 5.41) is 30.6. The molecule has 0 fully saturated rings. The summed E-state index contributed by atoms with van der Waals surface area (Å²) in [5.74, 6) is 5.03. The average Bonchev–Trinajstić information content (AvgIpc) is 1.55. The summed E-state index contributed by atoms with van der Waals surface area (Å²) < 4.78 is 144. The molecular weight excluding hydrogens is 1710 g/mol. The number of hydrogen-bond donors (Lipinski definition) is 5. The van der Waals surface area contributed by atoms with Crippen molar-refractivity contribution in [3.63, 3.8) is 0 Å². The van der Waals surface area contributed by atoms with Gasteiger partial charge in [0.2, 0.25) is 11.5 Å². The second kappa shape index (κ2) is 50.9. The van der Waals surface area contributed by atoms with Gasteiger partial charge in [-0.15, -0.1) is 0 Å². The number of carbonyl (C=O) groups excluding carboxylic acids is 2. The molecule has 128 heavy (non-hydrogen) atoms. The molecule has 2 aliphatic carbocycles. The van der Waals surface area contributed by atoms with Crippen LogP contribution in [0.5, 0.6) is 51.7 Å². The van der Waals surface area contributed by atoms with Gasteiger partial charge in [0.15, 0.2) is 28.7 Å². The van der Waals surface area contributed by atoms with E-state index in [2.05, 4.69) is 5.32 Å². The van der Waals surface area contributed by atoms with Gasteiger partial charge in [-0.05, 0) is 147 Å². The molecule has 680 valence electrons. The van der Waals surface area contributed by atoms with Crippen LogP contribution in [-0.4, -0.2) is 119 Å². The van der Waals surface area contributed by atoms with Gasteiger partial charge in [-0.25, -0.2) is 23.9 Å². The van der Waals surface area contributed by atoms with E-state index in [0.717, 1.165) is 96.5 Å². The monoisotopic (exact) mass is 1820 g/mol. The molecule has 0 saturated carbocycles. The van der Waals surface area contributed by atoms with Crippen molar-refractivity contribution in [1.82, 2.24) is 5.32 Å². The summed E-state index contributed by atoms with van der Waals surface area (Å²) in [6, 6.07) is 76.2. The first-order valence-corrected chi connectivity index (χ1v) is 45.5. The number of methoxy groups -OCH3 is 8. The molecule has 0 spiro atoms. The molecule has 0 aromatic heterocycles. The summed E-state index contributed by atoms with van der Waals surface area (Å²) in [6.07, 6.45) is 1.72. The largest absolute Gasteiger partial charge is 0.595 e. The summed E-state index contributed by atoms with van der Waals surface area (Å²) in [5.41, 5.74) is 19.3. The number of amides is 1. The third kappa shape index (κ3) is 29.5. The Morgan fingerprint density at radius 3 is 1.14 bits per heavy atom. The zero-order chi connectivity index (χ0) is 91.1. The van der Waals surface area contributed by atoms with Gasteiger partial charge >= 0.3 is 35.5 Å². The highest BCUT2D eigenvalue weighted by Gasteiger charge is 2.34. The smallest absolute Gasteiger partial charge is 0.513 e. The predicted molar refractivity (Wildman–Crippen MR) is 480 cm³/mol. The molecule has 2 aliphatic rings. The highest BCUT2D eigenvalue weighted by Crippen LogP contribution is 2.56. The number of hydrogen-bond acceptors (Lipinski definition) is 28. The fourth-order valence-electron chi connectivity index (χ4n) is 13.4. The first-order valence-electron chi connectivity index (χ1n) is 40.8. The first-order chi connectivity index (χ1) is 62.2. The SMILES string of the molecule is COc1ccc2c(c1)[C@@H](N)CCc1cc(OC)c(OC)c(OC)c1-2.COc1ccc2c(c1)[C@@H](NC(=O)OCCOP(=O)(OCc1ccccc1)OCc1ccccc1)CCc1cc(OC)c(OC)c(OC)c1-2.O=C(OCCOP(=O)(OCc1ccccc1)OCc1ccccc1)Oc1ccc([NH+]([O-])O)cc1.O=P(CCCO)(OCc1ccccc1)OCc1ccccc1. The minimum absolute atomic E-state index is 0.00213. The molecule has 30 nitrogen and oxygen atoms in total. The van der Waals surface area contributed by atoms with Crippen LogP contribution in [0.3, 0.4) is 0 Å². The fourth-order valence-corrected chi connectivity index (χ4v) is 17.3. The minimum Gasteiger partial charge on any atom is -0.595 e. The number of aliphatic hydroxyl groups excluding tert-OH is 1. The average molecular weight is 1820 g/mol. The summed E-state index contributed by atoms with van der Waals surface area (Å²) in [4.78, 5) is 24.9. The van der Waals surface area contributed by atoms with Gasteiger partial charge in [0.25, 0.3) is 0 Å². The Balaban J connectivity index is 0.000000187. The van der Waals surface area contributed by atoms with Gasteiger partial charge in [-0.2, -0.15) is 5.23 Å². The number of ether oxygens (including phenoxy) is 11. The molecule has 11 aromatic carbocycles. The Morgan fingerprint density at radius 1 is 0.414 bits per heavy atom. The van der Waals surface area contributed by atoms with E-state index >= 15 is 0 Å². The zero-order valence-electron chi connectivity index (χ0n) is 72.4. The standard InChI is InChI=1S/C36H40NO10P.C23H24NO9P.C19H23NO4.C17H21O4P/c1-40-28-16-17-29-30(22-28)31(18-15-27-21-32(41-2)34(42-3)35(43-4)33(27)29)37-36(38)44-19-20-45-48(39,46-23-25-11-7-5-8-12-25)47-24-26-13-9-6-10-14-26;25-23(33-22-13-11-21(12-14-22)24(26)27)29-15-16-30-34(28,31-17-19-7-3-1-4-8-19)32-18-20-9-5-2-6-10-20;1-21-12-6-7-13-14(10-12)15(20)8-5-11-9-16(22-2)18(23-3)19(24-4)17(11)13;18-12-7-13-22(19,20-14-16-8-3-1-4-9-16)21-15-17-10-5-2-6-11-17/h5-14,16-17,21-22,31H,15,18-20,23-24H2,1-4H3,(H,37,38);1-14,24,26H,15-18H2;6-7,9-10,15H,5,8,20H2,1-4H3;1-6,8-11,18H,7,12-15H2/t31-;;15-;/m0.0./s1. The van der Waals surface area contributed by atoms with Crippen molar-refractivity contribution < 1.29 is 127 Å². The lowest BCUT2D eigenvalue weighted by Gasteiger charge is -2.22.